The van der Waals surface area contributed by atoms with Gasteiger partial charge in [0.2, 0.25) is 11.2 Å². The monoisotopic (exact) mass is 636 g/mol. The lowest BCUT2D eigenvalue weighted by atomic mass is 10.1. The number of nitrogens with one attached hydrogen (secondary N) is 1. The second kappa shape index (κ2) is 14.4. The summed E-state index contributed by atoms with van der Waals surface area (Å²) in [5.41, 5.74) is 2.50. The van der Waals surface area contributed by atoms with Gasteiger partial charge in [0.05, 0.1) is 24.0 Å². The molecule has 0 spiro atoms. The summed E-state index contributed by atoms with van der Waals surface area (Å²) in [6, 6.07) is 15.0. The number of alkyl halides is 3. The van der Waals surface area contributed by atoms with Crippen molar-refractivity contribution in [2.24, 2.45) is 11.8 Å². The summed E-state index contributed by atoms with van der Waals surface area (Å²) >= 11 is 0. The van der Waals surface area contributed by atoms with E-state index >= 15 is 0 Å². The highest BCUT2D eigenvalue weighted by molar-refractivity contribution is 5.90. The van der Waals surface area contributed by atoms with E-state index in [0.717, 1.165) is 27.2 Å². The first-order valence-electron chi connectivity index (χ1n) is 15.4. The molecule has 0 atom stereocenters. The molecule has 4 rings (SSSR count). The first-order chi connectivity index (χ1) is 21.6. The predicted octanol–water partition coefficient (Wildman–Crippen LogP) is 7.85. The highest BCUT2D eigenvalue weighted by Crippen LogP contribution is 2.40. The van der Waals surface area contributed by atoms with Gasteiger partial charge >= 0.3 is 12.1 Å². The molecule has 0 bridgehead atoms. The number of quaternary nitrogens is 1. The smallest absolute Gasteiger partial charge is 0.449 e. The van der Waals surface area contributed by atoms with E-state index in [4.69, 9.17) is 13.9 Å². The Morgan fingerprint density at radius 2 is 1.57 bits per heavy atom. The van der Waals surface area contributed by atoms with Crippen LogP contribution in [0.15, 0.2) is 69.9 Å². The molecule has 46 heavy (non-hydrogen) atoms. The highest BCUT2D eigenvalue weighted by Gasteiger charge is 2.41. The number of esters is 1. The molecule has 0 radical (unpaired) electrons. The quantitative estimate of drug-likeness (QED) is 0.103. The topological polar surface area (TPSA) is 70.2 Å². The fourth-order valence-corrected chi connectivity index (χ4v) is 5.33. The number of carbonyl (C=O) groups excluding carboxylic acids is 1. The van der Waals surface area contributed by atoms with Crippen LogP contribution in [0.3, 0.4) is 0 Å². The standard InChI is InChI=1S/C37H40F3NO5/c1-22(2)19-41(20-23(3)4)21-30-31(45-32(42)17-13-27-11-8-24(5)9-12-27)16-15-29-33(43)35(36(37(38,39)40)46-34(29)30)44-28-14-10-25(6)26(7)18-28/h8-18,22-23H,19-21H2,1-7H3/p+1/b17-13+. The molecule has 0 unspecified atom stereocenters. The summed E-state index contributed by atoms with van der Waals surface area (Å²) in [5, 5.41) is -0.106. The number of aryl methyl sites for hydroxylation is 3. The van der Waals surface area contributed by atoms with Crippen molar-refractivity contribution in [2.75, 3.05) is 13.1 Å². The summed E-state index contributed by atoms with van der Waals surface area (Å²) in [6.07, 6.45) is -2.20. The van der Waals surface area contributed by atoms with E-state index < -0.39 is 29.1 Å². The Kier molecular flexibility index (Phi) is 10.8. The largest absolute Gasteiger partial charge is 0.453 e. The van der Waals surface area contributed by atoms with Crippen molar-refractivity contribution in [3.05, 3.63) is 104 Å². The summed E-state index contributed by atoms with van der Waals surface area (Å²) in [5.74, 6) is -2.59. The van der Waals surface area contributed by atoms with E-state index in [9.17, 15) is 22.8 Å². The highest BCUT2D eigenvalue weighted by atomic mass is 19.4. The molecule has 1 N–H and O–H groups in total. The molecule has 9 heteroatoms. The van der Waals surface area contributed by atoms with Crippen LogP contribution in [0.1, 0.15) is 61.3 Å². The lowest BCUT2D eigenvalue weighted by molar-refractivity contribution is -0.919. The maximum Gasteiger partial charge on any atom is 0.453 e. The third-order valence-corrected chi connectivity index (χ3v) is 7.55. The SMILES string of the molecule is Cc1ccc(/C=C/C(=O)Oc2ccc3c(=O)c(Oc4ccc(C)c(C)c4)c(C(F)(F)F)oc3c2C[NH+](CC(C)C)CC(C)C)cc1. The summed E-state index contributed by atoms with van der Waals surface area (Å²) < 4.78 is 60.5. The number of carbonyl (C=O) groups is 1. The first kappa shape index (κ1) is 34.5. The zero-order valence-electron chi connectivity index (χ0n) is 27.3. The minimum atomic E-state index is -5.05. The second-order valence-corrected chi connectivity index (χ2v) is 12.6. The Morgan fingerprint density at radius 1 is 0.913 bits per heavy atom. The third-order valence-electron chi connectivity index (χ3n) is 7.55. The molecule has 1 aromatic heterocycles. The first-order valence-corrected chi connectivity index (χ1v) is 15.4. The average Bonchev–Trinajstić information content (AvgIpc) is 2.96. The molecule has 0 aliphatic carbocycles. The van der Waals surface area contributed by atoms with E-state index in [1.165, 1.54) is 24.3 Å². The number of hydrogen-bond acceptors (Lipinski definition) is 5. The Labute approximate surface area is 267 Å². The molecular weight excluding hydrogens is 595 g/mol. The fraction of sp³-hybridized carbons (Fsp3) is 0.351. The van der Waals surface area contributed by atoms with E-state index in [1.807, 2.05) is 38.1 Å². The van der Waals surface area contributed by atoms with Gasteiger partial charge < -0.3 is 18.8 Å². The van der Waals surface area contributed by atoms with Gasteiger partial charge in [-0.1, -0.05) is 63.6 Å². The van der Waals surface area contributed by atoms with Crippen LogP contribution >= 0.6 is 0 Å². The van der Waals surface area contributed by atoms with Gasteiger partial charge in [-0.2, -0.15) is 13.2 Å². The Morgan fingerprint density at radius 3 is 2.15 bits per heavy atom. The minimum absolute atomic E-state index is 0.0233. The molecular formula is C37H41F3NO5+. The van der Waals surface area contributed by atoms with Crippen molar-refractivity contribution in [3.63, 3.8) is 0 Å². The number of halogens is 3. The molecule has 4 aromatic rings. The van der Waals surface area contributed by atoms with Crippen LogP contribution in [0, 0.1) is 32.6 Å². The van der Waals surface area contributed by atoms with Gasteiger partial charge in [-0.05, 0) is 67.8 Å². The predicted molar refractivity (Wildman–Crippen MR) is 173 cm³/mol. The lowest BCUT2D eigenvalue weighted by Gasteiger charge is -2.24. The number of ether oxygens (including phenoxy) is 2. The van der Waals surface area contributed by atoms with E-state index in [0.29, 0.717) is 13.1 Å². The van der Waals surface area contributed by atoms with Crippen LogP contribution in [-0.4, -0.2) is 19.1 Å². The maximum absolute atomic E-state index is 14.5. The molecule has 0 saturated heterocycles. The summed E-state index contributed by atoms with van der Waals surface area (Å²) in [6.45, 7) is 15.4. The summed E-state index contributed by atoms with van der Waals surface area (Å²) in [4.78, 5) is 27.8. The fourth-order valence-electron chi connectivity index (χ4n) is 5.33. The number of hydrogen-bond donors (Lipinski definition) is 1. The molecule has 3 aromatic carbocycles. The number of fused-ring (bicyclic) bond motifs is 1. The molecule has 0 amide bonds. The van der Waals surface area contributed by atoms with Gasteiger partial charge in [-0.15, -0.1) is 0 Å². The van der Waals surface area contributed by atoms with Crippen molar-refractivity contribution < 1.29 is 36.8 Å². The Bertz CT molecular complexity index is 1780. The van der Waals surface area contributed by atoms with Crippen LogP contribution in [0.25, 0.3) is 17.0 Å². The van der Waals surface area contributed by atoms with E-state index in [1.54, 1.807) is 25.1 Å². The van der Waals surface area contributed by atoms with Gasteiger partial charge in [0.15, 0.2) is 5.58 Å². The van der Waals surface area contributed by atoms with Crippen molar-refractivity contribution in [3.8, 4) is 17.2 Å². The maximum atomic E-state index is 14.5. The molecule has 0 saturated carbocycles. The van der Waals surface area contributed by atoms with Crippen LogP contribution in [0.2, 0.25) is 0 Å². The average molecular weight is 637 g/mol. The van der Waals surface area contributed by atoms with Crippen LogP contribution in [-0.2, 0) is 17.5 Å². The zero-order chi connectivity index (χ0) is 33.8. The number of benzene rings is 3. The molecule has 6 nitrogen and oxygen atoms in total. The zero-order valence-corrected chi connectivity index (χ0v) is 27.3. The van der Waals surface area contributed by atoms with Crippen LogP contribution in [0.4, 0.5) is 13.2 Å². The van der Waals surface area contributed by atoms with Crippen molar-refractivity contribution in [1.29, 1.82) is 0 Å². The van der Waals surface area contributed by atoms with Gasteiger partial charge in [-0.3, -0.25) is 4.79 Å². The normalized spacial score (nSPS) is 12.2. The van der Waals surface area contributed by atoms with Gasteiger partial charge in [0.25, 0.3) is 5.76 Å². The number of rotatable bonds is 11. The second-order valence-electron chi connectivity index (χ2n) is 12.6. The van der Waals surface area contributed by atoms with E-state index in [-0.39, 0.29) is 46.4 Å². The van der Waals surface area contributed by atoms with Crippen molar-refractivity contribution in [1.82, 2.24) is 0 Å². The molecule has 1 heterocycles. The Hall–Kier alpha value is -4.37. The van der Waals surface area contributed by atoms with Crippen molar-refractivity contribution in [2.45, 2.75) is 61.2 Å². The molecule has 0 fully saturated rings. The van der Waals surface area contributed by atoms with E-state index in [2.05, 4.69) is 27.7 Å². The van der Waals surface area contributed by atoms with Gasteiger partial charge in [-0.25, -0.2) is 4.79 Å². The Balaban J connectivity index is 1.87. The molecule has 0 aliphatic heterocycles. The van der Waals surface area contributed by atoms with Gasteiger partial charge in [0, 0.05) is 17.9 Å². The molecule has 244 valence electrons. The summed E-state index contributed by atoms with van der Waals surface area (Å²) in [7, 11) is 0. The minimum Gasteiger partial charge on any atom is -0.449 e. The van der Waals surface area contributed by atoms with Crippen LogP contribution in [0.5, 0.6) is 17.2 Å². The molecule has 0 aliphatic rings. The van der Waals surface area contributed by atoms with Gasteiger partial charge in [0.1, 0.15) is 18.0 Å². The van der Waals surface area contributed by atoms with Crippen LogP contribution < -0.4 is 19.8 Å². The lowest BCUT2D eigenvalue weighted by Crippen LogP contribution is -3.11. The third kappa shape index (κ3) is 8.66. The van der Waals surface area contributed by atoms with Crippen molar-refractivity contribution >= 4 is 23.0 Å².